The van der Waals surface area contributed by atoms with E-state index in [1.807, 2.05) is 25.1 Å². The van der Waals surface area contributed by atoms with E-state index >= 15 is 0 Å². The molecule has 0 unspecified atom stereocenters. The van der Waals surface area contributed by atoms with Gasteiger partial charge in [0.1, 0.15) is 11.6 Å². The minimum atomic E-state index is -0.708. The van der Waals surface area contributed by atoms with Crippen LogP contribution in [0.5, 0.6) is 11.5 Å². The Balaban J connectivity index is 0.000000387. The number of carbonyl (C=O) groups excluding carboxylic acids is 2. The first kappa shape index (κ1) is 23.1. The largest absolute Gasteiger partial charge is 0.493 e. The molecule has 7 heteroatoms. The topological polar surface area (TPSA) is 113 Å². The monoisotopic (exact) mass is 382 g/mol. The Morgan fingerprint density at radius 1 is 1.04 bits per heavy atom. The number of ketones is 2. The maximum atomic E-state index is 11.5. The number of hydrogen-bond acceptors (Lipinski definition) is 7. The fourth-order valence-electron chi connectivity index (χ4n) is 2.58. The summed E-state index contributed by atoms with van der Waals surface area (Å²) in [7, 11) is 1.58. The van der Waals surface area contributed by atoms with Crippen LogP contribution in [0.15, 0.2) is 18.2 Å². The zero-order valence-electron chi connectivity index (χ0n) is 16.2. The van der Waals surface area contributed by atoms with Crippen LogP contribution in [0.2, 0.25) is 0 Å². The highest BCUT2D eigenvalue weighted by Crippen LogP contribution is 2.35. The van der Waals surface area contributed by atoms with Gasteiger partial charge >= 0.3 is 0 Å². The highest BCUT2D eigenvalue weighted by atomic mass is 16.5. The summed E-state index contributed by atoms with van der Waals surface area (Å²) in [5, 5.41) is 25.4. The molecule has 0 saturated heterocycles. The first-order valence-corrected chi connectivity index (χ1v) is 8.99. The van der Waals surface area contributed by atoms with Crippen molar-refractivity contribution in [3.05, 3.63) is 23.8 Å². The van der Waals surface area contributed by atoms with Crippen molar-refractivity contribution in [1.29, 1.82) is 0 Å². The SMILES string of the molecule is CC(CO)(CO)CO.CCOc1ccc(C2CC(=O)CC(=O)C2)cc1OC. The maximum Gasteiger partial charge on any atom is 0.161 e. The van der Waals surface area contributed by atoms with E-state index in [4.69, 9.17) is 24.8 Å². The van der Waals surface area contributed by atoms with Crippen molar-refractivity contribution in [2.45, 2.75) is 39.0 Å². The summed E-state index contributed by atoms with van der Waals surface area (Å²) in [6.45, 7) is 3.54. The van der Waals surface area contributed by atoms with Crippen LogP contribution in [0.1, 0.15) is 44.6 Å². The Bertz CT molecular complexity index is 598. The number of hydrogen-bond donors (Lipinski definition) is 3. The second-order valence-corrected chi connectivity index (χ2v) is 6.99. The lowest BCUT2D eigenvalue weighted by atomic mass is 9.82. The predicted octanol–water partition coefficient (Wildman–Crippen LogP) is 1.47. The lowest BCUT2D eigenvalue weighted by Gasteiger charge is -2.21. The molecule has 1 aromatic rings. The molecule has 0 aliphatic heterocycles. The van der Waals surface area contributed by atoms with Crippen LogP contribution >= 0.6 is 0 Å². The third-order valence-corrected chi connectivity index (χ3v) is 4.45. The van der Waals surface area contributed by atoms with Crippen LogP contribution in [0.25, 0.3) is 0 Å². The van der Waals surface area contributed by atoms with E-state index in [2.05, 4.69) is 0 Å². The standard InChI is InChI=1S/C15H18O4.C5H12O3/c1-3-19-14-5-4-10(8-15(14)18-2)11-6-12(16)9-13(17)7-11;1-5(2-6,3-7)4-8/h4-5,8,11H,3,6-7,9H2,1-2H3;6-8H,2-4H2,1H3. The normalized spacial score (nSPS) is 15.2. The molecule has 1 saturated carbocycles. The number of methoxy groups -OCH3 is 1. The van der Waals surface area contributed by atoms with Gasteiger partial charge in [0.2, 0.25) is 0 Å². The van der Waals surface area contributed by atoms with Crippen LogP contribution in [-0.4, -0.2) is 60.4 Å². The molecule has 1 aliphatic carbocycles. The van der Waals surface area contributed by atoms with Gasteiger partial charge in [0.25, 0.3) is 0 Å². The quantitative estimate of drug-likeness (QED) is 0.612. The molecule has 1 aromatic carbocycles. The molecule has 0 atom stereocenters. The molecule has 152 valence electrons. The molecule has 0 heterocycles. The minimum absolute atomic E-state index is 0.0223. The van der Waals surface area contributed by atoms with E-state index in [1.165, 1.54) is 0 Å². The summed E-state index contributed by atoms with van der Waals surface area (Å²) in [6.07, 6.45) is 0.955. The molecule has 0 bridgehead atoms. The average molecular weight is 382 g/mol. The Hall–Kier alpha value is -1.96. The summed E-state index contributed by atoms with van der Waals surface area (Å²) in [5.74, 6) is 1.34. The number of ether oxygens (including phenoxy) is 2. The lowest BCUT2D eigenvalue weighted by molar-refractivity contribution is -0.130. The van der Waals surface area contributed by atoms with E-state index in [0.717, 1.165) is 5.56 Å². The first-order valence-electron chi connectivity index (χ1n) is 8.99. The highest BCUT2D eigenvalue weighted by Gasteiger charge is 2.27. The minimum Gasteiger partial charge on any atom is -0.493 e. The number of carbonyl (C=O) groups is 2. The number of aliphatic hydroxyl groups excluding tert-OH is 3. The molecule has 0 radical (unpaired) electrons. The Morgan fingerprint density at radius 2 is 1.59 bits per heavy atom. The number of aliphatic hydroxyl groups is 3. The predicted molar refractivity (Wildman–Crippen MR) is 100 cm³/mol. The van der Waals surface area contributed by atoms with Crippen molar-refractivity contribution in [2.75, 3.05) is 33.5 Å². The van der Waals surface area contributed by atoms with Crippen LogP contribution < -0.4 is 9.47 Å². The molecule has 2 rings (SSSR count). The Labute approximate surface area is 159 Å². The summed E-state index contributed by atoms with van der Waals surface area (Å²) in [5.41, 5.74) is 0.252. The molecular weight excluding hydrogens is 352 g/mol. The Morgan fingerprint density at radius 3 is 2.00 bits per heavy atom. The van der Waals surface area contributed by atoms with Gasteiger partial charge in [-0.15, -0.1) is 0 Å². The van der Waals surface area contributed by atoms with Gasteiger partial charge in [0.05, 0.1) is 40.0 Å². The average Bonchev–Trinajstić information content (AvgIpc) is 2.67. The van der Waals surface area contributed by atoms with Crippen molar-refractivity contribution in [3.8, 4) is 11.5 Å². The van der Waals surface area contributed by atoms with E-state index in [-0.39, 0.29) is 43.7 Å². The summed E-state index contributed by atoms with van der Waals surface area (Å²) in [4.78, 5) is 23.0. The molecule has 27 heavy (non-hydrogen) atoms. The van der Waals surface area contributed by atoms with Crippen molar-refractivity contribution in [3.63, 3.8) is 0 Å². The van der Waals surface area contributed by atoms with Crippen LogP contribution in [0.3, 0.4) is 0 Å². The zero-order chi connectivity index (χ0) is 20.4. The van der Waals surface area contributed by atoms with Gasteiger partial charge in [-0.2, -0.15) is 0 Å². The third-order valence-electron chi connectivity index (χ3n) is 4.45. The molecule has 0 aromatic heterocycles. The van der Waals surface area contributed by atoms with E-state index in [1.54, 1.807) is 14.0 Å². The van der Waals surface area contributed by atoms with Gasteiger partial charge in [-0.1, -0.05) is 13.0 Å². The molecular formula is C20H30O7. The third kappa shape index (κ3) is 6.93. The summed E-state index contributed by atoms with van der Waals surface area (Å²) in [6, 6.07) is 5.60. The molecule has 3 N–H and O–H groups in total. The van der Waals surface area contributed by atoms with Crippen molar-refractivity contribution < 1.29 is 34.4 Å². The van der Waals surface area contributed by atoms with Crippen molar-refractivity contribution in [2.24, 2.45) is 5.41 Å². The van der Waals surface area contributed by atoms with Gasteiger partial charge in [0, 0.05) is 18.3 Å². The fourth-order valence-corrected chi connectivity index (χ4v) is 2.58. The van der Waals surface area contributed by atoms with Crippen LogP contribution in [-0.2, 0) is 9.59 Å². The maximum absolute atomic E-state index is 11.5. The van der Waals surface area contributed by atoms with E-state index in [0.29, 0.717) is 30.9 Å². The summed E-state index contributed by atoms with van der Waals surface area (Å²) >= 11 is 0. The van der Waals surface area contributed by atoms with Gasteiger partial charge in [-0.3, -0.25) is 9.59 Å². The zero-order valence-corrected chi connectivity index (χ0v) is 16.2. The van der Waals surface area contributed by atoms with Gasteiger partial charge in [0.15, 0.2) is 11.5 Å². The number of Topliss-reactive ketones (excluding diaryl/α,β-unsaturated/α-hetero) is 2. The first-order chi connectivity index (χ1) is 12.8. The second kappa shape index (κ2) is 11.0. The Kier molecular flexibility index (Phi) is 9.41. The van der Waals surface area contributed by atoms with E-state index in [9.17, 15) is 9.59 Å². The molecule has 7 nitrogen and oxygen atoms in total. The number of benzene rings is 1. The second-order valence-electron chi connectivity index (χ2n) is 6.99. The van der Waals surface area contributed by atoms with Crippen molar-refractivity contribution in [1.82, 2.24) is 0 Å². The molecule has 0 spiro atoms. The van der Waals surface area contributed by atoms with Gasteiger partial charge < -0.3 is 24.8 Å². The summed E-state index contributed by atoms with van der Waals surface area (Å²) < 4.78 is 10.7. The highest BCUT2D eigenvalue weighted by molar-refractivity contribution is 6.02. The smallest absolute Gasteiger partial charge is 0.161 e. The van der Waals surface area contributed by atoms with Crippen LogP contribution in [0.4, 0.5) is 0 Å². The fraction of sp³-hybridized carbons (Fsp3) is 0.600. The van der Waals surface area contributed by atoms with E-state index < -0.39 is 5.41 Å². The number of rotatable bonds is 7. The molecule has 1 aliphatic rings. The van der Waals surface area contributed by atoms with Crippen LogP contribution in [0, 0.1) is 5.41 Å². The van der Waals surface area contributed by atoms with Crippen molar-refractivity contribution >= 4 is 11.6 Å². The van der Waals surface area contributed by atoms with Gasteiger partial charge in [-0.25, -0.2) is 0 Å². The molecule has 0 amide bonds. The molecule has 1 fully saturated rings. The lowest BCUT2D eigenvalue weighted by Crippen LogP contribution is -2.29. The van der Waals surface area contributed by atoms with Gasteiger partial charge in [-0.05, 0) is 30.5 Å².